The van der Waals surface area contributed by atoms with Gasteiger partial charge >= 0.3 is 0 Å². The normalized spacial score (nSPS) is 14.6. The van der Waals surface area contributed by atoms with Crippen LogP contribution in [0.3, 0.4) is 0 Å². The molecule has 1 aromatic carbocycles. The van der Waals surface area contributed by atoms with Gasteiger partial charge < -0.3 is 0 Å². The third kappa shape index (κ3) is 4.06. The van der Waals surface area contributed by atoms with Crippen LogP contribution in [-0.2, 0) is 0 Å². The number of nitrogens with one attached hydrogen (secondary N) is 1. The largest absolute Gasteiger partial charge is 0.271 e. The van der Waals surface area contributed by atoms with Gasteiger partial charge in [-0.1, -0.05) is 26.7 Å². The molecule has 4 heteroatoms. The maximum absolute atomic E-state index is 13.6. The molecule has 1 rings (SSSR count). The number of hydrazine groups is 1. The minimum absolute atomic E-state index is 0.301. The first kappa shape index (κ1) is 14.1. The molecule has 1 aromatic rings. The average Bonchev–Trinajstić information content (AvgIpc) is 2.30. The Balaban J connectivity index is 2.82. The molecule has 0 heterocycles. The van der Waals surface area contributed by atoms with Crippen molar-refractivity contribution in [2.75, 3.05) is 0 Å². The van der Waals surface area contributed by atoms with Gasteiger partial charge in [-0.3, -0.25) is 11.3 Å². The minimum Gasteiger partial charge on any atom is -0.271 e. The highest BCUT2D eigenvalue weighted by Crippen LogP contribution is 2.25. The minimum atomic E-state index is -0.440. The molecule has 0 amide bonds. The lowest BCUT2D eigenvalue weighted by Gasteiger charge is -2.21. The van der Waals surface area contributed by atoms with Crippen LogP contribution in [0.15, 0.2) is 18.2 Å². The number of nitrogens with two attached hydrogens (primary N) is 1. The van der Waals surface area contributed by atoms with Gasteiger partial charge in [-0.25, -0.2) is 8.78 Å². The molecule has 0 aromatic heterocycles. The molecule has 0 fully saturated rings. The van der Waals surface area contributed by atoms with Crippen LogP contribution in [0.1, 0.15) is 44.7 Å². The van der Waals surface area contributed by atoms with Crippen LogP contribution in [0, 0.1) is 17.6 Å². The summed E-state index contributed by atoms with van der Waals surface area (Å²) in [6, 6.07) is 3.12. The molecule has 0 saturated carbocycles. The predicted octanol–water partition coefficient (Wildman–Crippen LogP) is 3.30. The van der Waals surface area contributed by atoms with Crippen molar-refractivity contribution in [3.63, 3.8) is 0 Å². The fourth-order valence-electron chi connectivity index (χ4n) is 2.08. The molecule has 2 atom stereocenters. The second-order valence-corrected chi connectivity index (χ2v) is 4.51. The Kier molecular flexibility index (Phi) is 5.51. The van der Waals surface area contributed by atoms with Crippen LogP contribution < -0.4 is 11.3 Å². The topological polar surface area (TPSA) is 38.0 Å². The lowest BCUT2D eigenvalue weighted by Crippen LogP contribution is -2.30. The Hall–Kier alpha value is -1.00. The van der Waals surface area contributed by atoms with Crippen molar-refractivity contribution in [2.45, 2.75) is 39.2 Å². The first-order chi connectivity index (χ1) is 8.08. The molecule has 2 unspecified atom stereocenters. The first-order valence-electron chi connectivity index (χ1n) is 5.99. The quantitative estimate of drug-likeness (QED) is 0.593. The second-order valence-electron chi connectivity index (χ2n) is 4.51. The van der Waals surface area contributed by atoms with Gasteiger partial charge in [-0.05, 0) is 30.5 Å². The Labute approximate surface area is 101 Å². The highest BCUT2D eigenvalue weighted by Gasteiger charge is 2.17. The van der Waals surface area contributed by atoms with Crippen molar-refractivity contribution < 1.29 is 8.78 Å². The van der Waals surface area contributed by atoms with Gasteiger partial charge in [-0.15, -0.1) is 0 Å². The second kappa shape index (κ2) is 6.67. The van der Waals surface area contributed by atoms with Gasteiger partial charge in [0.15, 0.2) is 0 Å². The molecule has 17 heavy (non-hydrogen) atoms. The van der Waals surface area contributed by atoms with E-state index in [-0.39, 0.29) is 6.04 Å². The van der Waals surface area contributed by atoms with Gasteiger partial charge in [0, 0.05) is 11.6 Å². The van der Waals surface area contributed by atoms with Gasteiger partial charge in [0.2, 0.25) is 0 Å². The van der Waals surface area contributed by atoms with E-state index in [1.54, 1.807) is 0 Å². The van der Waals surface area contributed by atoms with E-state index in [1.165, 1.54) is 6.07 Å². The fourth-order valence-corrected chi connectivity index (χ4v) is 2.08. The highest BCUT2D eigenvalue weighted by atomic mass is 19.1. The monoisotopic (exact) mass is 242 g/mol. The Bertz CT molecular complexity index is 355. The molecule has 96 valence electrons. The highest BCUT2D eigenvalue weighted by molar-refractivity contribution is 5.22. The molecule has 0 aliphatic carbocycles. The third-order valence-electron chi connectivity index (χ3n) is 2.95. The van der Waals surface area contributed by atoms with Crippen molar-refractivity contribution >= 4 is 0 Å². The lowest BCUT2D eigenvalue weighted by molar-refractivity contribution is 0.384. The van der Waals surface area contributed by atoms with Crippen molar-refractivity contribution in [1.82, 2.24) is 5.43 Å². The summed E-state index contributed by atoms with van der Waals surface area (Å²) < 4.78 is 26.7. The molecule has 0 saturated heterocycles. The summed E-state index contributed by atoms with van der Waals surface area (Å²) in [6.07, 6.45) is 2.82. The van der Waals surface area contributed by atoms with Gasteiger partial charge in [0.1, 0.15) is 11.6 Å². The number of hydrogen-bond acceptors (Lipinski definition) is 2. The van der Waals surface area contributed by atoms with Crippen molar-refractivity contribution in [3.05, 3.63) is 35.4 Å². The maximum Gasteiger partial charge on any atom is 0.128 e. The van der Waals surface area contributed by atoms with E-state index in [1.807, 2.05) is 0 Å². The Morgan fingerprint density at radius 2 is 2.06 bits per heavy atom. The summed E-state index contributed by atoms with van der Waals surface area (Å²) in [5.41, 5.74) is 2.87. The number of rotatable bonds is 6. The van der Waals surface area contributed by atoms with Gasteiger partial charge in [0.25, 0.3) is 0 Å². The van der Waals surface area contributed by atoms with E-state index in [2.05, 4.69) is 19.3 Å². The van der Waals surface area contributed by atoms with Crippen LogP contribution in [0.5, 0.6) is 0 Å². The first-order valence-corrected chi connectivity index (χ1v) is 5.99. The summed E-state index contributed by atoms with van der Waals surface area (Å²) in [7, 11) is 0. The van der Waals surface area contributed by atoms with Crippen LogP contribution in [0.4, 0.5) is 8.78 Å². The number of hydrogen-bond donors (Lipinski definition) is 2. The molecule has 3 N–H and O–H groups in total. The van der Waals surface area contributed by atoms with E-state index >= 15 is 0 Å². The molecular formula is C13H20F2N2. The zero-order chi connectivity index (χ0) is 12.8. The fraction of sp³-hybridized carbons (Fsp3) is 0.538. The molecule has 0 aliphatic heterocycles. The summed E-state index contributed by atoms with van der Waals surface area (Å²) in [5.74, 6) is 4.99. The van der Waals surface area contributed by atoms with Gasteiger partial charge in [0.05, 0.1) is 0 Å². The smallest absolute Gasteiger partial charge is 0.128 e. The molecule has 0 spiro atoms. The summed E-state index contributed by atoms with van der Waals surface area (Å²) in [6.45, 7) is 4.19. The number of halogens is 2. The third-order valence-corrected chi connectivity index (χ3v) is 2.95. The van der Waals surface area contributed by atoms with Crippen LogP contribution in [0.2, 0.25) is 0 Å². The van der Waals surface area contributed by atoms with E-state index in [4.69, 9.17) is 5.84 Å². The van der Waals surface area contributed by atoms with E-state index in [0.717, 1.165) is 25.0 Å². The lowest BCUT2D eigenvalue weighted by atomic mass is 9.93. The number of benzene rings is 1. The summed E-state index contributed by atoms with van der Waals surface area (Å²) in [5, 5.41) is 0. The SMILES string of the molecule is CCCC(C)CC(NN)c1cc(F)ccc1F. The average molecular weight is 242 g/mol. The Morgan fingerprint density at radius 1 is 1.35 bits per heavy atom. The zero-order valence-corrected chi connectivity index (χ0v) is 10.3. The van der Waals surface area contributed by atoms with Crippen LogP contribution >= 0.6 is 0 Å². The van der Waals surface area contributed by atoms with Gasteiger partial charge in [-0.2, -0.15) is 0 Å². The van der Waals surface area contributed by atoms with E-state index in [9.17, 15) is 8.78 Å². The van der Waals surface area contributed by atoms with Crippen LogP contribution in [0.25, 0.3) is 0 Å². The molecular weight excluding hydrogens is 222 g/mol. The summed E-state index contributed by atoms with van der Waals surface area (Å²) in [4.78, 5) is 0. The van der Waals surface area contributed by atoms with E-state index < -0.39 is 11.6 Å². The Morgan fingerprint density at radius 3 is 2.65 bits per heavy atom. The van der Waals surface area contributed by atoms with E-state index in [0.29, 0.717) is 17.9 Å². The van der Waals surface area contributed by atoms with Crippen molar-refractivity contribution in [2.24, 2.45) is 11.8 Å². The zero-order valence-electron chi connectivity index (χ0n) is 10.3. The molecule has 0 aliphatic rings. The van der Waals surface area contributed by atoms with Crippen LogP contribution in [-0.4, -0.2) is 0 Å². The molecule has 2 nitrogen and oxygen atoms in total. The maximum atomic E-state index is 13.6. The predicted molar refractivity (Wildman–Crippen MR) is 65.1 cm³/mol. The molecule has 0 radical (unpaired) electrons. The van der Waals surface area contributed by atoms with Crippen molar-refractivity contribution in [3.8, 4) is 0 Å². The standard InChI is InChI=1S/C13H20F2N2/c1-3-4-9(2)7-13(17-16)11-8-10(14)5-6-12(11)15/h5-6,8-9,13,17H,3-4,7,16H2,1-2H3. The molecule has 0 bridgehead atoms. The summed E-state index contributed by atoms with van der Waals surface area (Å²) >= 11 is 0. The van der Waals surface area contributed by atoms with Crippen molar-refractivity contribution in [1.29, 1.82) is 0 Å².